The van der Waals surface area contributed by atoms with E-state index in [0.717, 1.165) is 79.2 Å². The van der Waals surface area contributed by atoms with Gasteiger partial charge >= 0.3 is 0 Å². The van der Waals surface area contributed by atoms with Gasteiger partial charge in [0, 0.05) is 61.4 Å². The summed E-state index contributed by atoms with van der Waals surface area (Å²) in [6.07, 6.45) is 6.00. The van der Waals surface area contributed by atoms with Crippen LogP contribution in [0.5, 0.6) is 0 Å². The number of aromatic nitrogens is 4. The molecule has 2 aromatic carbocycles. The minimum atomic E-state index is -0.242. The SMILES string of the molecule is Cc1c(Nc2nccc3cc(CN4CC[C@@H](O)C4)cnc23)cccc1-c1cccc(-c2nc3c(=O)n(CCO)ccc3s2)c1C. The van der Waals surface area contributed by atoms with E-state index in [1.807, 2.05) is 36.5 Å². The molecule has 228 valence electrons. The number of rotatable bonds is 8. The van der Waals surface area contributed by atoms with Gasteiger partial charge < -0.3 is 20.1 Å². The van der Waals surface area contributed by atoms with Crippen LogP contribution in [0.25, 0.3) is 42.8 Å². The van der Waals surface area contributed by atoms with Crippen molar-refractivity contribution in [2.24, 2.45) is 0 Å². The van der Waals surface area contributed by atoms with Crippen LogP contribution in [0.3, 0.4) is 0 Å². The van der Waals surface area contributed by atoms with Crippen LogP contribution in [0, 0.1) is 13.8 Å². The third kappa shape index (κ3) is 5.62. The molecule has 0 bridgehead atoms. The molecule has 0 radical (unpaired) electrons. The number of aliphatic hydroxyl groups is 2. The maximum Gasteiger partial charge on any atom is 0.278 e. The van der Waals surface area contributed by atoms with Crippen LogP contribution in [0.2, 0.25) is 0 Å². The van der Waals surface area contributed by atoms with Crippen LogP contribution < -0.4 is 10.9 Å². The molecule has 1 saturated heterocycles. The third-order valence-electron chi connectivity index (χ3n) is 8.61. The topological polar surface area (TPSA) is 116 Å². The zero-order valence-electron chi connectivity index (χ0n) is 25.2. The lowest BCUT2D eigenvalue weighted by Crippen LogP contribution is -2.21. The van der Waals surface area contributed by atoms with Crippen molar-refractivity contribution in [2.75, 3.05) is 25.0 Å². The second-order valence-corrected chi connectivity index (χ2v) is 12.6. The van der Waals surface area contributed by atoms with Gasteiger partial charge in [-0.15, -0.1) is 11.3 Å². The molecular formula is C35H34N6O3S. The van der Waals surface area contributed by atoms with Crippen LogP contribution in [0.15, 0.2) is 78.0 Å². The molecule has 1 aliphatic heterocycles. The molecule has 1 atom stereocenters. The highest BCUT2D eigenvalue weighted by molar-refractivity contribution is 7.21. The highest BCUT2D eigenvalue weighted by Gasteiger charge is 2.21. The number of thiazole rings is 1. The molecular weight excluding hydrogens is 584 g/mol. The summed E-state index contributed by atoms with van der Waals surface area (Å²) in [5, 5.41) is 24.6. The maximum atomic E-state index is 12.9. The Morgan fingerprint density at radius 1 is 1.00 bits per heavy atom. The lowest BCUT2D eigenvalue weighted by Gasteiger charge is -2.17. The molecule has 1 aliphatic rings. The highest BCUT2D eigenvalue weighted by Crippen LogP contribution is 2.38. The zero-order chi connectivity index (χ0) is 31.1. The molecule has 4 aromatic heterocycles. The summed E-state index contributed by atoms with van der Waals surface area (Å²) in [5.74, 6) is 0.697. The fourth-order valence-electron chi connectivity index (χ4n) is 6.21. The zero-order valence-corrected chi connectivity index (χ0v) is 26.0. The Balaban J connectivity index is 1.20. The van der Waals surface area contributed by atoms with Crippen molar-refractivity contribution in [1.82, 2.24) is 24.4 Å². The molecule has 0 saturated carbocycles. The van der Waals surface area contributed by atoms with Crippen molar-refractivity contribution in [3.63, 3.8) is 0 Å². The van der Waals surface area contributed by atoms with Gasteiger partial charge in [-0.25, -0.2) is 9.97 Å². The Kier molecular flexibility index (Phi) is 7.88. The van der Waals surface area contributed by atoms with E-state index in [0.29, 0.717) is 17.9 Å². The number of anilines is 2. The molecule has 0 unspecified atom stereocenters. The monoisotopic (exact) mass is 618 g/mol. The van der Waals surface area contributed by atoms with Gasteiger partial charge in [0.15, 0.2) is 5.82 Å². The van der Waals surface area contributed by atoms with Crippen LogP contribution in [0.4, 0.5) is 11.5 Å². The second kappa shape index (κ2) is 12.1. The first kappa shape index (κ1) is 29.2. The van der Waals surface area contributed by atoms with E-state index in [-0.39, 0.29) is 24.8 Å². The smallest absolute Gasteiger partial charge is 0.278 e. The third-order valence-corrected chi connectivity index (χ3v) is 9.67. The minimum absolute atomic E-state index is 0.101. The van der Waals surface area contributed by atoms with Gasteiger partial charge in [-0.1, -0.05) is 30.3 Å². The largest absolute Gasteiger partial charge is 0.395 e. The number of aliphatic hydroxyl groups excluding tert-OH is 2. The molecule has 1 fully saturated rings. The minimum Gasteiger partial charge on any atom is -0.395 e. The number of nitrogens with one attached hydrogen (secondary N) is 1. The standard InChI is InChI=1S/C35H34N6O3S/c1-21-26(5-3-7-28(21)34-39-32-30(45-34)11-14-41(15-16-42)35(32)44)27-6-4-8-29(22(27)2)38-33-31-24(9-12-36-33)17-23(18-37-31)19-40-13-10-25(43)20-40/h3-9,11-12,14,17-18,25,42-43H,10,13,15-16,19-20H2,1-2H3,(H,36,38)/t25-/m1/s1. The van der Waals surface area contributed by atoms with Crippen molar-refractivity contribution in [2.45, 2.75) is 39.5 Å². The number of likely N-dealkylation sites (tertiary alicyclic amines) is 1. The van der Waals surface area contributed by atoms with Crippen LogP contribution in [0.1, 0.15) is 23.1 Å². The fourth-order valence-corrected chi connectivity index (χ4v) is 7.24. The first-order valence-electron chi connectivity index (χ1n) is 15.1. The van der Waals surface area contributed by atoms with Gasteiger partial charge in [0.1, 0.15) is 16.0 Å². The molecule has 0 aliphatic carbocycles. The van der Waals surface area contributed by atoms with Gasteiger partial charge in [-0.3, -0.25) is 14.7 Å². The molecule has 0 amide bonds. The van der Waals surface area contributed by atoms with Crippen LogP contribution >= 0.6 is 11.3 Å². The van der Waals surface area contributed by atoms with E-state index in [1.165, 1.54) is 15.9 Å². The summed E-state index contributed by atoms with van der Waals surface area (Å²) < 4.78 is 2.33. The molecule has 45 heavy (non-hydrogen) atoms. The normalized spacial score (nSPS) is 15.3. The molecule has 7 rings (SSSR count). The predicted octanol–water partition coefficient (Wildman–Crippen LogP) is 5.65. The van der Waals surface area contributed by atoms with Crippen molar-refractivity contribution in [1.29, 1.82) is 0 Å². The number of β-amino-alcohol motifs (C(OH)–C–C–N with tert-alkyl or cyclic N) is 1. The number of fused-ring (bicyclic) bond motifs is 2. The number of benzene rings is 2. The number of hydrogen-bond donors (Lipinski definition) is 3. The Morgan fingerprint density at radius 2 is 1.80 bits per heavy atom. The van der Waals surface area contributed by atoms with E-state index in [1.54, 1.807) is 12.4 Å². The van der Waals surface area contributed by atoms with E-state index in [4.69, 9.17) is 9.97 Å². The second-order valence-electron chi connectivity index (χ2n) is 11.6. The van der Waals surface area contributed by atoms with Crippen molar-refractivity contribution >= 4 is 44.0 Å². The van der Waals surface area contributed by atoms with Gasteiger partial charge in [-0.2, -0.15) is 0 Å². The lowest BCUT2D eigenvalue weighted by atomic mass is 9.93. The van der Waals surface area contributed by atoms with Crippen LogP contribution in [-0.2, 0) is 13.1 Å². The van der Waals surface area contributed by atoms with Crippen molar-refractivity contribution in [3.05, 3.63) is 100 Å². The Morgan fingerprint density at radius 3 is 2.60 bits per heavy atom. The first-order valence-corrected chi connectivity index (χ1v) is 15.9. The summed E-state index contributed by atoms with van der Waals surface area (Å²) in [7, 11) is 0. The summed E-state index contributed by atoms with van der Waals surface area (Å²) in [6.45, 7) is 6.71. The number of pyridine rings is 3. The molecule has 0 spiro atoms. The predicted molar refractivity (Wildman–Crippen MR) is 180 cm³/mol. The van der Waals surface area contributed by atoms with Gasteiger partial charge in [0.05, 0.1) is 17.4 Å². The Bertz CT molecular complexity index is 2110. The summed E-state index contributed by atoms with van der Waals surface area (Å²) in [6, 6.07) is 18.4. The summed E-state index contributed by atoms with van der Waals surface area (Å²) >= 11 is 1.50. The van der Waals surface area contributed by atoms with Crippen molar-refractivity contribution in [3.8, 4) is 21.7 Å². The molecule has 10 heteroatoms. The number of nitrogens with zero attached hydrogens (tertiary/aromatic N) is 5. The molecule has 5 heterocycles. The average molecular weight is 619 g/mol. The Labute approximate surface area is 264 Å². The summed E-state index contributed by atoms with van der Waals surface area (Å²) in [4.78, 5) is 29.4. The highest BCUT2D eigenvalue weighted by atomic mass is 32.1. The quantitative estimate of drug-likeness (QED) is 0.200. The number of hydrogen-bond acceptors (Lipinski definition) is 9. The van der Waals surface area contributed by atoms with Crippen molar-refractivity contribution < 1.29 is 10.2 Å². The van der Waals surface area contributed by atoms with E-state index in [9.17, 15) is 15.0 Å². The van der Waals surface area contributed by atoms with Gasteiger partial charge in [-0.05, 0) is 72.4 Å². The summed E-state index contributed by atoms with van der Waals surface area (Å²) in [5.41, 5.74) is 8.43. The fraction of sp³-hybridized carbons (Fsp3) is 0.257. The van der Waals surface area contributed by atoms with Crippen LogP contribution in [-0.4, -0.2) is 60.4 Å². The van der Waals surface area contributed by atoms with Gasteiger partial charge in [0.2, 0.25) is 0 Å². The first-order chi connectivity index (χ1) is 21.9. The molecule has 3 N–H and O–H groups in total. The van der Waals surface area contributed by atoms with E-state index in [2.05, 4.69) is 53.3 Å². The van der Waals surface area contributed by atoms with Gasteiger partial charge in [0.25, 0.3) is 5.56 Å². The maximum absolute atomic E-state index is 12.9. The van der Waals surface area contributed by atoms with E-state index >= 15 is 0 Å². The van der Waals surface area contributed by atoms with E-state index < -0.39 is 0 Å². The molecule has 9 nitrogen and oxygen atoms in total. The average Bonchev–Trinajstić information content (AvgIpc) is 3.66. The molecule has 6 aromatic rings. The Hall–Kier alpha value is -4.48. The lowest BCUT2D eigenvalue weighted by molar-refractivity contribution is 0.175.